The Morgan fingerprint density at radius 3 is 2.65 bits per heavy atom. The molecule has 0 radical (unpaired) electrons. The van der Waals surface area contributed by atoms with Crippen LogP contribution in [0.4, 0.5) is 11.6 Å². The van der Waals surface area contributed by atoms with E-state index < -0.39 is 9.04 Å². The largest absolute Gasteiger partial charge is 0.544 e. The van der Waals surface area contributed by atoms with Gasteiger partial charge < -0.3 is 19.8 Å². The first kappa shape index (κ1) is 24.4. The molecule has 0 aliphatic heterocycles. The van der Waals surface area contributed by atoms with E-state index in [0.717, 1.165) is 29.1 Å². The van der Waals surface area contributed by atoms with Crippen molar-refractivity contribution in [2.75, 3.05) is 12.4 Å². The number of methoxy groups -OCH3 is 1. The molecule has 1 aliphatic carbocycles. The van der Waals surface area contributed by atoms with Crippen LogP contribution in [0, 0.1) is 11.3 Å². The molecule has 0 spiro atoms. The number of nitriles is 1. The Balaban J connectivity index is 1.28. The number of nitrogens with one attached hydrogen (secondary N) is 2. The van der Waals surface area contributed by atoms with Gasteiger partial charge in [0.2, 0.25) is 5.95 Å². The Kier molecular flexibility index (Phi) is 7.39. The highest BCUT2D eigenvalue weighted by atomic mass is 28.3. The predicted molar refractivity (Wildman–Crippen MR) is 142 cm³/mol. The molecule has 2 heterocycles. The lowest BCUT2D eigenvalue weighted by molar-refractivity contribution is 0.416. The molecule has 0 bridgehead atoms. The van der Waals surface area contributed by atoms with Crippen molar-refractivity contribution < 1.29 is 9.16 Å². The first-order chi connectivity index (χ1) is 18.1. The minimum atomic E-state index is -1.69. The van der Waals surface area contributed by atoms with Gasteiger partial charge in [0.25, 0.3) is 9.04 Å². The maximum absolute atomic E-state index is 9.55. The SMILES string of the molecule is COc1cc(CNC2CC2)ccc1Nc1ncc(-c2ccc(C#N)c(O[Si@@H](C)Cn3cncn3)c2)cn1. The molecule has 1 saturated carbocycles. The van der Waals surface area contributed by atoms with Crippen LogP contribution in [0.5, 0.6) is 11.5 Å². The molecule has 37 heavy (non-hydrogen) atoms. The van der Waals surface area contributed by atoms with E-state index in [9.17, 15) is 5.26 Å². The van der Waals surface area contributed by atoms with Crippen LogP contribution >= 0.6 is 0 Å². The molecule has 2 aromatic heterocycles. The second-order valence-electron chi connectivity index (χ2n) is 8.98. The fourth-order valence-corrected chi connectivity index (χ4v) is 5.32. The number of hydrogen-bond acceptors (Lipinski definition) is 9. The summed E-state index contributed by atoms with van der Waals surface area (Å²) in [6.45, 7) is 2.88. The molecule has 1 fully saturated rings. The fourth-order valence-electron chi connectivity index (χ4n) is 3.90. The second kappa shape index (κ2) is 11.2. The number of nitrogens with zero attached hydrogens (tertiary/aromatic N) is 6. The lowest BCUT2D eigenvalue weighted by Crippen LogP contribution is -2.25. The summed E-state index contributed by atoms with van der Waals surface area (Å²) in [4.78, 5) is 13.0. The predicted octanol–water partition coefficient (Wildman–Crippen LogP) is 3.58. The topological polar surface area (TPSA) is 123 Å². The lowest BCUT2D eigenvalue weighted by atomic mass is 10.1. The first-order valence-corrected chi connectivity index (χ1v) is 14.6. The van der Waals surface area contributed by atoms with Crippen molar-refractivity contribution in [3.8, 4) is 28.7 Å². The van der Waals surface area contributed by atoms with Gasteiger partial charge in [0.05, 0.1) is 24.5 Å². The normalized spacial score (nSPS) is 13.5. The van der Waals surface area contributed by atoms with Gasteiger partial charge in [-0.3, -0.25) is 4.68 Å². The molecule has 1 atom stereocenters. The third-order valence-corrected chi connectivity index (χ3v) is 7.56. The smallest absolute Gasteiger partial charge is 0.253 e. The highest BCUT2D eigenvalue weighted by Crippen LogP contribution is 2.30. The van der Waals surface area contributed by atoms with E-state index in [1.54, 1.807) is 36.6 Å². The maximum Gasteiger partial charge on any atom is 0.253 e. The number of aromatic nitrogens is 5. The monoisotopic (exact) mass is 512 g/mol. The first-order valence-electron chi connectivity index (χ1n) is 12.1. The van der Waals surface area contributed by atoms with Gasteiger partial charge in [-0.1, -0.05) is 12.1 Å². The molecule has 5 rings (SSSR count). The van der Waals surface area contributed by atoms with Gasteiger partial charge in [-0.2, -0.15) is 10.4 Å². The van der Waals surface area contributed by atoms with Gasteiger partial charge in [0.1, 0.15) is 30.2 Å². The maximum atomic E-state index is 9.55. The molecule has 2 aromatic carbocycles. The number of anilines is 2. The zero-order valence-electron chi connectivity index (χ0n) is 20.8. The standard InChI is InChI=1S/C26H28N8O2Si/c1-35-25-9-18(12-29-22-6-7-22)3-8-23(25)33-26-30-13-21(14-31-26)19-4-5-20(11-27)24(10-19)36-37(2)17-34-16-28-15-32-34/h3-5,8-10,13-16,22,29,37H,6-7,12,17H2,1-2H3,(H,30,31,33)/t37-/m0/s1. The van der Waals surface area contributed by atoms with Crippen LogP contribution in [0.1, 0.15) is 24.0 Å². The van der Waals surface area contributed by atoms with Crippen molar-refractivity contribution in [2.45, 2.75) is 38.1 Å². The molecule has 188 valence electrons. The molecule has 11 heteroatoms. The van der Waals surface area contributed by atoms with Gasteiger partial charge in [-0.15, -0.1) is 0 Å². The number of benzene rings is 2. The summed E-state index contributed by atoms with van der Waals surface area (Å²) < 4.78 is 13.5. The number of ether oxygens (including phenoxy) is 1. The summed E-state index contributed by atoms with van der Waals surface area (Å²) in [7, 11) is -0.0372. The van der Waals surface area contributed by atoms with Crippen molar-refractivity contribution >= 4 is 20.7 Å². The molecule has 2 N–H and O–H groups in total. The summed E-state index contributed by atoms with van der Waals surface area (Å²) in [5, 5.41) is 20.4. The van der Waals surface area contributed by atoms with Crippen molar-refractivity contribution in [1.82, 2.24) is 30.0 Å². The van der Waals surface area contributed by atoms with Gasteiger partial charge in [0, 0.05) is 30.5 Å². The number of hydrogen-bond donors (Lipinski definition) is 2. The third kappa shape index (κ3) is 6.30. The van der Waals surface area contributed by atoms with Crippen molar-refractivity contribution in [2.24, 2.45) is 0 Å². The van der Waals surface area contributed by atoms with Gasteiger partial charge in [-0.05, 0) is 54.8 Å². The Bertz CT molecular complexity index is 1380. The van der Waals surface area contributed by atoms with Crippen LogP contribution < -0.4 is 19.8 Å². The minimum absolute atomic E-state index is 0.463. The summed E-state index contributed by atoms with van der Waals surface area (Å²) in [6, 6.07) is 14.4. The van der Waals surface area contributed by atoms with Crippen LogP contribution in [0.3, 0.4) is 0 Å². The van der Waals surface area contributed by atoms with E-state index in [-0.39, 0.29) is 0 Å². The van der Waals surface area contributed by atoms with E-state index in [1.165, 1.54) is 24.7 Å². The highest BCUT2D eigenvalue weighted by molar-refractivity contribution is 6.49. The van der Waals surface area contributed by atoms with E-state index >= 15 is 0 Å². The average molecular weight is 513 g/mol. The van der Waals surface area contributed by atoms with Gasteiger partial charge >= 0.3 is 0 Å². The molecule has 0 amide bonds. The van der Waals surface area contributed by atoms with Crippen LogP contribution in [0.2, 0.25) is 6.55 Å². The Morgan fingerprint density at radius 1 is 1.11 bits per heavy atom. The molecule has 0 saturated heterocycles. The summed E-state index contributed by atoms with van der Waals surface area (Å²) in [5.41, 5.74) is 4.14. The molecule has 10 nitrogen and oxygen atoms in total. The Hall–Kier alpha value is -4.27. The van der Waals surface area contributed by atoms with Crippen LogP contribution in [-0.2, 0) is 12.7 Å². The summed E-state index contributed by atoms with van der Waals surface area (Å²) in [5.74, 6) is 1.76. The van der Waals surface area contributed by atoms with E-state index in [4.69, 9.17) is 9.16 Å². The number of rotatable bonds is 11. The summed E-state index contributed by atoms with van der Waals surface area (Å²) in [6.07, 6.45) is 9.82. The summed E-state index contributed by atoms with van der Waals surface area (Å²) >= 11 is 0. The van der Waals surface area contributed by atoms with Crippen LogP contribution in [-0.4, -0.2) is 46.9 Å². The van der Waals surface area contributed by atoms with E-state index in [1.807, 2.05) is 24.3 Å². The molecular formula is C26H28N8O2Si. The zero-order valence-corrected chi connectivity index (χ0v) is 21.9. The highest BCUT2D eigenvalue weighted by Gasteiger charge is 2.20. The van der Waals surface area contributed by atoms with Crippen molar-refractivity contribution in [3.63, 3.8) is 0 Å². The molecular weight excluding hydrogens is 484 g/mol. The average Bonchev–Trinajstić information content (AvgIpc) is 3.62. The van der Waals surface area contributed by atoms with Crippen LogP contribution in [0.25, 0.3) is 11.1 Å². The third-order valence-electron chi connectivity index (χ3n) is 6.01. The van der Waals surface area contributed by atoms with Crippen molar-refractivity contribution in [1.29, 1.82) is 5.26 Å². The molecule has 4 aromatic rings. The molecule has 1 aliphatic rings. The second-order valence-corrected chi connectivity index (χ2v) is 11.2. The minimum Gasteiger partial charge on any atom is -0.544 e. The van der Waals surface area contributed by atoms with E-state index in [2.05, 4.69) is 49.4 Å². The Labute approximate surface area is 217 Å². The fraction of sp³-hybridized carbons (Fsp3) is 0.269. The van der Waals surface area contributed by atoms with Gasteiger partial charge in [0.15, 0.2) is 0 Å². The lowest BCUT2D eigenvalue weighted by Gasteiger charge is -2.16. The van der Waals surface area contributed by atoms with Crippen molar-refractivity contribution in [3.05, 3.63) is 72.6 Å². The quantitative estimate of drug-likeness (QED) is 0.290. The Morgan fingerprint density at radius 2 is 1.95 bits per heavy atom. The van der Waals surface area contributed by atoms with E-state index in [0.29, 0.717) is 29.5 Å². The van der Waals surface area contributed by atoms with Crippen LogP contribution in [0.15, 0.2) is 61.4 Å². The molecule has 0 unspecified atom stereocenters. The van der Waals surface area contributed by atoms with Gasteiger partial charge in [-0.25, -0.2) is 15.0 Å². The zero-order chi connectivity index (χ0) is 25.6.